The number of Topliss-reactive ketones (excluding diaryl/α,β-unsaturated/α-hetero) is 1. The summed E-state index contributed by atoms with van der Waals surface area (Å²) in [6.07, 6.45) is 1.45. The highest BCUT2D eigenvalue weighted by Crippen LogP contribution is 2.25. The highest BCUT2D eigenvalue weighted by Gasteiger charge is 2.11. The fraction of sp³-hybridized carbons (Fsp3) is 0.100. The van der Waals surface area contributed by atoms with Crippen molar-refractivity contribution in [1.82, 2.24) is 9.97 Å². The molecule has 2 aromatic rings. The molecule has 0 aromatic carbocycles. The molecule has 2 aromatic heterocycles. The summed E-state index contributed by atoms with van der Waals surface area (Å²) in [4.78, 5) is 19.3. The van der Waals surface area contributed by atoms with Crippen molar-refractivity contribution >= 4 is 40.0 Å². The molecule has 2 rings (SSSR count). The molecule has 0 spiro atoms. The molecule has 15 heavy (non-hydrogen) atoms. The van der Waals surface area contributed by atoms with Crippen LogP contribution in [0.4, 0.5) is 0 Å². The highest BCUT2D eigenvalue weighted by atomic mass is 35.5. The van der Waals surface area contributed by atoms with E-state index in [-0.39, 0.29) is 5.78 Å². The fourth-order valence-electron chi connectivity index (χ4n) is 1.26. The summed E-state index contributed by atoms with van der Waals surface area (Å²) in [6.45, 7) is 1.43. The third kappa shape index (κ3) is 1.80. The van der Waals surface area contributed by atoms with Gasteiger partial charge in [-0.25, -0.2) is 4.98 Å². The lowest BCUT2D eigenvalue weighted by molar-refractivity contribution is 0.101. The predicted molar refractivity (Wildman–Crippen MR) is 59.6 cm³/mol. The van der Waals surface area contributed by atoms with Crippen molar-refractivity contribution in [1.29, 1.82) is 0 Å². The smallest absolute Gasteiger partial charge is 0.162 e. The van der Waals surface area contributed by atoms with E-state index in [0.717, 1.165) is 0 Å². The number of rotatable bonds is 1. The zero-order valence-electron chi connectivity index (χ0n) is 7.79. The zero-order valence-corrected chi connectivity index (χ0v) is 9.30. The first kappa shape index (κ1) is 10.3. The molecule has 0 unspecified atom stereocenters. The third-order valence-electron chi connectivity index (χ3n) is 2.00. The summed E-state index contributed by atoms with van der Waals surface area (Å²) >= 11 is 11.8. The molecule has 0 aliphatic heterocycles. The van der Waals surface area contributed by atoms with E-state index >= 15 is 0 Å². The van der Waals surface area contributed by atoms with Crippen LogP contribution in [0.1, 0.15) is 17.3 Å². The molecule has 0 aliphatic rings. The standard InChI is InChI=1S/C10H6Cl2N2O/c1-5(15)6-4-13-7-2-3-8(11)14-10(7)9(6)12/h2-4H,1H3. The van der Waals surface area contributed by atoms with Gasteiger partial charge in [-0.15, -0.1) is 0 Å². The van der Waals surface area contributed by atoms with Crippen LogP contribution in [0.2, 0.25) is 10.2 Å². The Morgan fingerprint density at radius 2 is 2.07 bits per heavy atom. The second-order valence-corrected chi connectivity index (χ2v) is 3.81. The molecular formula is C10H6Cl2N2O. The molecule has 0 radical (unpaired) electrons. The number of nitrogens with zero attached hydrogens (tertiary/aromatic N) is 2. The summed E-state index contributed by atoms with van der Waals surface area (Å²) in [7, 11) is 0. The number of hydrogen-bond acceptors (Lipinski definition) is 3. The minimum Gasteiger partial charge on any atom is -0.294 e. The van der Waals surface area contributed by atoms with Crippen LogP contribution >= 0.6 is 23.2 Å². The number of carbonyl (C=O) groups excluding carboxylic acids is 1. The van der Waals surface area contributed by atoms with E-state index in [0.29, 0.717) is 26.8 Å². The second-order valence-electron chi connectivity index (χ2n) is 3.04. The Morgan fingerprint density at radius 3 is 2.73 bits per heavy atom. The Bertz CT molecular complexity index is 554. The molecule has 0 N–H and O–H groups in total. The summed E-state index contributed by atoms with van der Waals surface area (Å²) in [6, 6.07) is 3.33. The molecule has 0 bridgehead atoms. The summed E-state index contributed by atoms with van der Waals surface area (Å²) in [5.74, 6) is -0.142. The van der Waals surface area contributed by atoms with Gasteiger partial charge in [0.2, 0.25) is 0 Å². The summed E-state index contributed by atoms with van der Waals surface area (Å²) in [5.41, 5.74) is 1.44. The van der Waals surface area contributed by atoms with Gasteiger partial charge in [-0.3, -0.25) is 9.78 Å². The average Bonchev–Trinajstić information content (AvgIpc) is 2.19. The lowest BCUT2D eigenvalue weighted by Crippen LogP contribution is -1.97. The Hall–Kier alpha value is -1.19. The molecule has 5 heteroatoms. The molecule has 0 aliphatic carbocycles. The molecule has 0 fully saturated rings. The van der Waals surface area contributed by atoms with Gasteiger partial charge in [-0.05, 0) is 19.1 Å². The van der Waals surface area contributed by atoms with E-state index in [4.69, 9.17) is 23.2 Å². The maximum atomic E-state index is 11.2. The first-order chi connectivity index (χ1) is 7.09. The zero-order chi connectivity index (χ0) is 11.0. The van der Waals surface area contributed by atoms with Gasteiger partial charge in [0.15, 0.2) is 5.78 Å². The van der Waals surface area contributed by atoms with Crippen LogP contribution in [0.25, 0.3) is 11.0 Å². The van der Waals surface area contributed by atoms with E-state index in [2.05, 4.69) is 9.97 Å². The van der Waals surface area contributed by atoms with Crippen molar-refractivity contribution in [3.05, 3.63) is 34.1 Å². The van der Waals surface area contributed by atoms with Gasteiger partial charge in [-0.2, -0.15) is 0 Å². The lowest BCUT2D eigenvalue weighted by Gasteiger charge is -2.03. The van der Waals surface area contributed by atoms with E-state index in [1.807, 2.05) is 0 Å². The predicted octanol–water partition coefficient (Wildman–Crippen LogP) is 3.14. The Balaban J connectivity index is 2.82. The molecule has 76 valence electrons. The van der Waals surface area contributed by atoms with Crippen molar-refractivity contribution in [3.8, 4) is 0 Å². The Morgan fingerprint density at radius 1 is 1.33 bits per heavy atom. The summed E-state index contributed by atoms with van der Waals surface area (Å²) < 4.78 is 0. The van der Waals surface area contributed by atoms with Crippen molar-refractivity contribution < 1.29 is 4.79 Å². The largest absolute Gasteiger partial charge is 0.294 e. The molecule has 0 amide bonds. The highest BCUT2D eigenvalue weighted by molar-refractivity contribution is 6.38. The molecular weight excluding hydrogens is 235 g/mol. The monoisotopic (exact) mass is 240 g/mol. The van der Waals surface area contributed by atoms with Crippen molar-refractivity contribution in [2.45, 2.75) is 6.92 Å². The third-order valence-corrected chi connectivity index (χ3v) is 2.59. The van der Waals surface area contributed by atoms with E-state index in [1.54, 1.807) is 12.1 Å². The normalized spacial score (nSPS) is 10.6. The molecule has 0 saturated carbocycles. The number of carbonyl (C=O) groups is 1. The number of aromatic nitrogens is 2. The van der Waals surface area contributed by atoms with E-state index in [1.165, 1.54) is 13.1 Å². The van der Waals surface area contributed by atoms with Gasteiger partial charge < -0.3 is 0 Å². The molecule has 2 heterocycles. The molecule has 3 nitrogen and oxygen atoms in total. The Labute approximate surface area is 96.1 Å². The SMILES string of the molecule is CC(=O)c1cnc2ccc(Cl)nc2c1Cl. The molecule has 0 atom stereocenters. The van der Waals surface area contributed by atoms with Crippen LogP contribution in [-0.2, 0) is 0 Å². The van der Waals surface area contributed by atoms with Gasteiger partial charge in [0.1, 0.15) is 10.7 Å². The Kier molecular flexibility index (Phi) is 2.59. The van der Waals surface area contributed by atoms with Crippen molar-refractivity contribution in [3.63, 3.8) is 0 Å². The minimum atomic E-state index is -0.142. The number of halogens is 2. The van der Waals surface area contributed by atoms with Crippen LogP contribution in [-0.4, -0.2) is 15.8 Å². The number of hydrogen-bond donors (Lipinski definition) is 0. The number of fused-ring (bicyclic) bond motifs is 1. The topological polar surface area (TPSA) is 42.9 Å². The number of pyridine rings is 2. The van der Waals surface area contributed by atoms with E-state index in [9.17, 15) is 4.79 Å². The van der Waals surface area contributed by atoms with Crippen LogP contribution in [0, 0.1) is 0 Å². The lowest BCUT2D eigenvalue weighted by atomic mass is 10.2. The number of ketones is 1. The fourth-order valence-corrected chi connectivity index (χ4v) is 1.73. The van der Waals surface area contributed by atoms with Crippen LogP contribution in [0.3, 0.4) is 0 Å². The van der Waals surface area contributed by atoms with Gasteiger partial charge in [0, 0.05) is 6.20 Å². The quantitative estimate of drug-likeness (QED) is 0.569. The van der Waals surface area contributed by atoms with Crippen LogP contribution < -0.4 is 0 Å². The maximum absolute atomic E-state index is 11.2. The second kappa shape index (κ2) is 3.76. The first-order valence-corrected chi connectivity index (χ1v) is 4.97. The summed E-state index contributed by atoms with van der Waals surface area (Å²) in [5, 5.41) is 0.627. The van der Waals surface area contributed by atoms with E-state index < -0.39 is 0 Å². The van der Waals surface area contributed by atoms with Gasteiger partial charge >= 0.3 is 0 Å². The van der Waals surface area contributed by atoms with Crippen LogP contribution in [0.15, 0.2) is 18.3 Å². The van der Waals surface area contributed by atoms with Gasteiger partial charge in [0.05, 0.1) is 16.1 Å². The van der Waals surface area contributed by atoms with Gasteiger partial charge in [-0.1, -0.05) is 23.2 Å². The van der Waals surface area contributed by atoms with Crippen molar-refractivity contribution in [2.75, 3.05) is 0 Å². The van der Waals surface area contributed by atoms with Crippen LogP contribution in [0.5, 0.6) is 0 Å². The minimum absolute atomic E-state index is 0.142. The average molecular weight is 241 g/mol. The first-order valence-electron chi connectivity index (χ1n) is 4.21. The van der Waals surface area contributed by atoms with Crippen molar-refractivity contribution in [2.24, 2.45) is 0 Å². The maximum Gasteiger partial charge on any atom is 0.162 e. The molecule has 0 saturated heterocycles. The van der Waals surface area contributed by atoms with Gasteiger partial charge in [0.25, 0.3) is 0 Å².